The van der Waals surface area contributed by atoms with Crippen LogP contribution in [0.25, 0.3) is 0 Å². The van der Waals surface area contributed by atoms with Gasteiger partial charge in [0.2, 0.25) is 11.8 Å². The van der Waals surface area contributed by atoms with Gasteiger partial charge in [-0.25, -0.2) is 9.97 Å². The van der Waals surface area contributed by atoms with Crippen molar-refractivity contribution in [1.29, 1.82) is 0 Å². The third-order valence-corrected chi connectivity index (χ3v) is 7.30. The van der Waals surface area contributed by atoms with E-state index >= 15 is 0 Å². The first-order valence-corrected chi connectivity index (χ1v) is 13.4. The van der Waals surface area contributed by atoms with Crippen LogP contribution in [0.15, 0.2) is 59.8 Å². The van der Waals surface area contributed by atoms with Gasteiger partial charge < -0.3 is 15.1 Å². The van der Waals surface area contributed by atoms with Crippen molar-refractivity contribution < 1.29 is 9.59 Å². The van der Waals surface area contributed by atoms with Gasteiger partial charge in [0.15, 0.2) is 5.16 Å². The van der Waals surface area contributed by atoms with E-state index in [0.717, 1.165) is 28.2 Å². The SMILES string of the molecule is CC[C@](C)(C(=O)Nc1ccc(N(C)C)cc1)N(Cc1ccc(C)cc1)C(=O)CSc1nc(C)cc(C)n1. The average molecular weight is 520 g/mol. The lowest BCUT2D eigenvalue weighted by Gasteiger charge is -2.39. The molecule has 2 amide bonds. The number of aryl methyl sites for hydroxylation is 3. The molecule has 1 aromatic heterocycles. The minimum atomic E-state index is -1.06. The predicted octanol–water partition coefficient (Wildman–Crippen LogP) is 5.40. The molecule has 0 aliphatic rings. The van der Waals surface area contributed by atoms with Crippen LogP contribution in [0.4, 0.5) is 11.4 Å². The van der Waals surface area contributed by atoms with Crippen molar-refractivity contribution in [3.8, 4) is 0 Å². The fourth-order valence-corrected chi connectivity index (χ4v) is 4.78. The molecule has 1 heterocycles. The van der Waals surface area contributed by atoms with Crippen molar-refractivity contribution in [2.24, 2.45) is 0 Å². The quantitative estimate of drug-likeness (QED) is 0.286. The van der Waals surface area contributed by atoms with E-state index in [4.69, 9.17) is 0 Å². The summed E-state index contributed by atoms with van der Waals surface area (Å²) in [6.45, 7) is 9.94. The topological polar surface area (TPSA) is 78.4 Å². The largest absolute Gasteiger partial charge is 0.378 e. The van der Waals surface area contributed by atoms with Crippen LogP contribution < -0.4 is 10.2 Å². The van der Waals surface area contributed by atoms with E-state index in [2.05, 4.69) is 15.3 Å². The minimum absolute atomic E-state index is 0.134. The summed E-state index contributed by atoms with van der Waals surface area (Å²) in [6.07, 6.45) is 0.455. The van der Waals surface area contributed by atoms with Crippen molar-refractivity contribution in [3.63, 3.8) is 0 Å². The minimum Gasteiger partial charge on any atom is -0.378 e. The number of carbonyl (C=O) groups excluding carboxylic acids is 2. The van der Waals surface area contributed by atoms with Crippen LogP contribution in [0.5, 0.6) is 0 Å². The standard InChI is InChI=1S/C29H37N5O2S/c1-8-29(5,27(36)32-24-13-15-25(16-14-24)33(6)7)34(18-23-11-9-20(2)10-12-23)26(35)19-37-28-30-21(3)17-22(4)31-28/h9-17H,8,18-19H2,1-7H3,(H,32,36)/t29-/m1/s1. The number of thioether (sulfide) groups is 1. The molecule has 3 rings (SSSR count). The number of hydrogen-bond acceptors (Lipinski definition) is 6. The molecule has 1 atom stereocenters. The molecule has 0 saturated carbocycles. The van der Waals surface area contributed by atoms with Gasteiger partial charge in [-0.1, -0.05) is 48.5 Å². The van der Waals surface area contributed by atoms with Gasteiger partial charge in [0.25, 0.3) is 0 Å². The molecule has 0 saturated heterocycles. The summed E-state index contributed by atoms with van der Waals surface area (Å²) in [5, 5.41) is 3.60. The van der Waals surface area contributed by atoms with Gasteiger partial charge in [-0.2, -0.15) is 0 Å². The second kappa shape index (κ2) is 12.2. The lowest BCUT2D eigenvalue weighted by molar-refractivity contribution is -0.143. The zero-order valence-corrected chi connectivity index (χ0v) is 23.6. The Kier molecular flexibility index (Phi) is 9.32. The average Bonchev–Trinajstić information content (AvgIpc) is 2.86. The molecule has 0 unspecified atom stereocenters. The van der Waals surface area contributed by atoms with Crippen LogP contribution in [-0.2, 0) is 16.1 Å². The third kappa shape index (κ3) is 7.32. The second-order valence-electron chi connectivity index (χ2n) is 9.71. The Morgan fingerprint density at radius 3 is 2.08 bits per heavy atom. The summed E-state index contributed by atoms with van der Waals surface area (Å²) in [6, 6.07) is 17.6. The molecular weight excluding hydrogens is 482 g/mol. The molecule has 0 fully saturated rings. The summed E-state index contributed by atoms with van der Waals surface area (Å²) in [5.41, 5.74) is 4.49. The Balaban J connectivity index is 1.87. The number of carbonyl (C=O) groups is 2. The van der Waals surface area contributed by atoms with Gasteiger partial charge in [0.1, 0.15) is 5.54 Å². The van der Waals surface area contributed by atoms with Crippen molar-refractivity contribution >= 4 is 35.0 Å². The maximum absolute atomic E-state index is 13.7. The lowest BCUT2D eigenvalue weighted by atomic mass is 9.93. The smallest absolute Gasteiger partial charge is 0.250 e. The zero-order valence-electron chi connectivity index (χ0n) is 22.8. The third-order valence-electron chi connectivity index (χ3n) is 6.46. The van der Waals surface area contributed by atoms with Crippen molar-refractivity contribution in [2.45, 2.75) is 58.3 Å². The number of benzene rings is 2. The van der Waals surface area contributed by atoms with Crippen molar-refractivity contribution in [2.75, 3.05) is 30.1 Å². The van der Waals surface area contributed by atoms with Gasteiger partial charge in [-0.05, 0) is 70.0 Å². The highest BCUT2D eigenvalue weighted by Crippen LogP contribution is 2.27. The Labute approximate surface area is 224 Å². The number of aromatic nitrogens is 2. The van der Waals surface area contributed by atoms with Crippen LogP contribution in [0, 0.1) is 20.8 Å². The van der Waals surface area contributed by atoms with Gasteiger partial charge >= 0.3 is 0 Å². The maximum Gasteiger partial charge on any atom is 0.250 e. The number of nitrogens with zero attached hydrogens (tertiary/aromatic N) is 4. The predicted molar refractivity (Wildman–Crippen MR) is 152 cm³/mol. The van der Waals surface area contributed by atoms with Crippen LogP contribution in [-0.4, -0.2) is 52.1 Å². The molecule has 7 nitrogen and oxygen atoms in total. The van der Waals surface area contributed by atoms with Crippen LogP contribution in [0.1, 0.15) is 42.8 Å². The molecular formula is C29H37N5O2S. The molecule has 0 aliphatic heterocycles. The molecule has 0 bridgehead atoms. The van der Waals surface area contributed by atoms with E-state index < -0.39 is 5.54 Å². The fourth-order valence-electron chi connectivity index (χ4n) is 3.96. The first kappa shape index (κ1) is 28.2. The number of nitrogens with one attached hydrogen (secondary N) is 1. The molecule has 3 aromatic rings. The van der Waals surface area contributed by atoms with E-state index in [1.54, 1.807) is 4.90 Å². The van der Waals surface area contributed by atoms with Crippen molar-refractivity contribution in [1.82, 2.24) is 14.9 Å². The highest BCUT2D eigenvalue weighted by atomic mass is 32.2. The van der Waals surface area contributed by atoms with Gasteiger partial charge in [0.05, 0.1) is 5.75 Å². The molecule has 0 spiro atoms. The molecule has 0 radical (unpaired) electrons. The molecule has 196 valence electrons. The molecule has 1 N–H and O–H groups in total. The van der Waals surface area contributed by atoms with Crippen LogP contribution >= 0.6 is 11.8 Å². The summed E-state index contributed by atoms with van der Waals surface area (Å²) < 4.78 is 0. The normalized spacial score (nSPS) is 12.5. The lowest BCUT2D eigenvalue weighted by Crippen LogP contribution is -2.57. The zero-order chi connectivity index (χ0) is 27.2. The van der Waals surface area contributed by atoms with Crippen molar-refractivity contribution in [3.05, 3.63) is 77.1 Å². The van der Waals surface area contributed by atoms with Gasteiger partial charge in [-0.3, -0.25) is 9.59 Å². The van der Waals surface area contributed by atoms with E-state index in [1.165, 1.54) is 11.8 Å². The molecule has 37 heavy (non-hydrogen) atoms. The van der Waals surface area contributed by atoms with E-state index in [0.29, 0.717) is 23.8 Å². The van der Waals surface area contributed by atoms with Crippen LogP contribution in [0.2, 0.25) is 0 Å². The Morgan fingerprint density at radius 2 is 1.54 bits per heavy atom. The van der Waals surface area contributed by atoms with E-state index in [9.17, 15) is 9.59 Å². The molecule has 0 aliphatic carbocycles. The highest BCUT2D eigenvalue weighted by molar-refractivity contribution is 7.99. The summed E-state index contributed by atoms with van der Waals surface area (Å²) in [4.78, 5) is 40.0. The van der Waals surface area contributed by atoms with E-state index in [-0.39, 0.29) is 17.6 Å². The number of amides is 2. The Bertz CT molecular complexity index is 1210. The van der Waals surface area contributed by atoms with Gasteiger partial charge in [-0.15, -0.1) is 0 Å². The monoisotopic (exact) mass is 519 g/mol. The summed E-state index contributed by atoms with van der Waals surface area (Å²) in [7, 11) is 3.94. The van der Waals surface area contributed by atoms with Gasteiger partial charge in [0, 0.05) is 43.4 Å². The van der Waals surface area contributed by atoms with E-state index in [1.807, 2.05) is 108 Å². The van der Waals surface area contributed by atoms with Crippen LogP contribution in [0.3, 0.4) is 0 Å². The number of anilines is 2. The summed E-state index contributed by atoms with van der Waals surface area (Å²) >= 11 is 1.29. The first-order chi connectivity index (χ1) is 17.5. The number of hydrogen-bond donors (Lipinski definition) is 1. The Hall–Kier alpha value is -3.39. The Morgan fingerprint density at radius 1 is 0.946 bits per heavy atom. The molecule has 8 heteroatoms. The molecule has 2 aromatic carbocycles. The second-order valence-corrected chi connectivity index (χ2v) is 10.7. The highest BCUT2D eigenvalue weighted by Gasteiger charge is 2.40. The summed E-state index contributed by atoms with van der Waals surface area (Å²) in [5.74, 6) is -0.230. The number of rotatable bonds is 10. The fraction of sp³-hybridized carbons (Fsp3) is 0.379. The maximum atomic E-state index is 13.7. The first-order valence-electron chi connectivity index (χ1n) is 12.4.